The van der Waals surface area contributed by atoms with Gasteiger partial charge in [0.15, 0.2) is 9.84 Å². The molecule has 2 aromatic rings. The van der Waals surface area contributed by atoms with Crippen LogP contribution in [0.15, 0.2) is 15.3 Å². The SMILES string of the molecule is COC(=O)Cc1c(C)c2cc3c(c(C)c2oc1=O)OCN(C1CCS(=O)(=O)C1)C3. The maximum absolute atomic E-state index is 12.4. The summed E-state index contributed by atoms with van der Waals surface area (Å²) in [6, 6.07) is 1.85. The molecular weight excluding hydrogens is 398 g/mol. The highest BCUT2D eigenvalue weighted by molar-refractivity contribution is 7.91. The van der Waals surface area contributed by atoms with Crippen molar-refractivity contribution in [2.24, 2.45) is 0 Å². The van der Waals surface area contributed by atoms with Crippen molar-refractivity contribution in [2.45, 2.75) is 39.3 Å². The van der Waals surface area contributed by atoms with Gasteiger partial charge in [0.05, 0.1) is 30.6 Å². The van der Waals surface area contributed by atoms with Gasteiger partial charge in [0, 0.05) is 29.1 Å². The van der Waals surface area contributed by atoms with E-state index in [0.717, 1.165) is 16.5 Å². The number of esters is 1. The van der Waals surface area contributed by atoms with Gasteiger partial charge in [-0.1, -0.05) is 0 Å². The zero-order chi connectivity index (χ0) is 20.9. The van der Waals surface area contributed by atoms with E-state index >= 15 is 0 Å². The van der Waals surface area contributed by atoms with E-state index in [1.165, 1.54) is 7.11 Å². The molecule has 1 aromatic carbocycles. The van der Waals surface area contributed by atoms with Crippen LogP contribution in [0.5, 0.6) is 5.75 Å². The van der Waals surface area contributed by atoms with E-state index in [1.54, 1.807) is 6.92 Å². The van der Waals surface area contributed by atoms with Crippen molar-refractivity contribution in [3.8, 4) is 5.75 Å². The minimum atomic E-state index is -2.99. The van der Waals surface area contributed by atoms with Crippen LogP contribution in [0.1, 0.15) is 28.7 Å². The first-order valence-electron chi connectivity index (χ1n) is 9.43. The van der Waals surface area contributed by atoms with Crippen LogP contribution in [-0.4, -0.2) is 50.7 Å². The Kier molecular flexibility index (Phi) is 4.90. The fraction of sp³-hybridized carbons (Fsp3) is 0.500. The summed E-state index contributed by atoms with van der Waals surface area (Å²) in [5, 5.41) is 0.740. The minimum absolute atomic E-state index is 0.0613. The lowest BCUT2D eigenvalue weighted by molar-refractivity contribution is -0.139. The molecule has 29 heavy (non-hydrogen) atoms. The van der Waals surface area contributed by atoms with Crippen LogP contribution in [0.4, 0.5) is 0 Å². The number of nitrogens with zero attached hydrogens (tertiary/aromatic N) is 1. The molecule has 156 valence electrons. The van der Waals surface area contributed by atoms with Crippen molar-refractivity contribution in [3.05, 3.63) is 38.7 Å². The summed E-state index contributed by atoms with van der Waals surface area (Å²) < 4.78 is 39.8. The number of hydrogen-bond acceptors (Lipinski definition) is 8. The molecule has 2 aliphatic rings. The van der Waals surface area contributed by atoms with Gasteiger partial charge < -0.3 is 13.9 Å². The van der Waals surface area contributed by atoms with E-state index in [2.05, 4.69) is 4.74 Å². The van der Waals surface area contributed by atoms with Crippen molar-refractivity contribution in [2.75, 3.05) is 25.3 Å². The number of sulfone groups is 1. The van der Waals surface area contributed by atoms with Crippen LogP contribution < -0.4 is 10.4 Å². The van der Waals surface area contributed by atoms with Crippen molar-refractivity contribution >= 4 is 26.8 Å². The fourth-order valence-corrected chi connectivity index (χ4v) is 5.94. The van der Waals surface area contributed by atoms with Gasteiger partial charge in [-0.05, 0) is 31.9 Å². The largest absolute Gasteiger partial charge is 0.477 e. The third-order valence-electron chi connectivity index (χ3n) is 5.86. The lowest BCUT2D eigenvalue weighted by atomic mass is 9.97. The normalized spacial score (nSPS) is 21.0. The van der Waals surface area contributed by atoms with Crippen LogP contribution in [0, 0.1) is 13.8 Å². The molecule has 0 bridgehead atoms. The molecule has 4 rings (SSSR count). The van der Waals surface area contributed by atoms with Gasteiger partial charge in [-0.2, -0.15) is 0 Å². The number of aryl methyl sites for hydroxylation is 2. The second-order valence-corrected chi connectivity index (χ2v) is 9.92. The van der Waals surface area contributed by atoms with Gasteiger partial charge in [0.1, 0.15) is 18.1 Å². The Morgan fingerprint density at radius 1 is 1.31 bits per heavy atom. The Balaban J connectivity index is 1.76. The number of ether oxygens (including phenoxy) is 2. The van der Waals surface area contributed by atoms with E-state index in [9.17, 15) is 18.0 Å². The number of carbonyl (C=O) groups excluding carboxylic acids is 1. The fourth-order valence-electron chi connectivity index (χ4n) is 4.18. The monoisotopic (exact) mass is 421 g/mol. The summed E-state index contributed by atoms with van der Waals surface area (Å²) in [6.07, 6.45) is 0.448. The smallest absolute Gasteiger partial charge is 0.340 e. The average molecular weight is 421 g/mol. The number of methoxy groups -OCH3 is 1. The van der Waals surface area contributed by atoms with E-state index in [4.69, 9.17) is 9.15 Å². The van der Waals surface area contributed by atoms with Crippen molar-refractivity contribution in [1.29, 1.82) is 0 Å². The molecule has 0 radical (unpaired) electrons. The van der Waals surface area contributed by atoms with Crippen molar-refractivity contribution in [3.63, 3.8) is 0 Å². The maximum atomic E-state index is 12.4. The topological polar surface area (TPSA) is 103 Å². The second-order valence-electron chi connectivity index (χ2n) is 7.69. The molecule has 2 aliphatic heterocycles. The number of benzene rings is 1. The van der Waals surface area contributed by atoms with Gasteiger partial charge >= 0.3 is 11.6 Å². The van der Waals surface area contributed by atoms with E-state index < -0.39 is 21.4 Å². The van der Waals surface area contributed by atoms with Gasteiger partial charge in [-0.15, -0.1) is 0 Å². The Bertz CT molecular complexity index is 1170. The van der Waals surface area contributed by atoms with Gasteiger partial charge in [0.25, 0.3) is 0 Å². The predicted molar refractivity (Wildman–Crippen MR) is 106 cm³/mol. The van der Waals surface area contributed by atoms with Gasteiger partial charge in [-0.25, -0.2) is 13.2 Å². The highest BCUT2D eigenvalue weighted by Gasteiger charge is 2.35. The molecule has 1 atom stereocenters. The third kappa shape index (κ3) is 3.53. The van der Waals surface area contributed by atoms with Crippen molar-refractivity contribution < 1.29 is 27.1 Å². The summed E-state index contributed by atoms with van der Waals surface area (Å²) in [6.45, 7) is 4.47. The van der Waals surface area contributed by atoms with Crippen LogP contribution in [0.3, 0.4) is 0 Å². The van der Waals surface area contributed by atoms with E-state index in [0.29, 0.717) is 36.6 Å². The standard InChI is InChI=1S/C20H23NO7S/c1-11-15-6-13-8-21(14-4-5-29(24,25)9-14)10-27-18(13)12(2)19(15)28-20(23)16(11)7-17(22)26-3/h6,14H,4-5,7-10H2,1-3H3. The van der Waals surface area contributed by atoms with E-state index in [-0.39, 0.29) is 29.5 Å². The lowest BCUT2D eigenvalue weighted by Crippen LogP contribution is -2.41. The molecule has 0 aliphatic carbocycles. The molecule has 0 amide bonds. The Labute approximate surface area is 168 Å². The molecular formula is C20H23NO7S. The zero-order valence-electron chi connectivity index (χ0n) is 16.6. The Morgan fingerprint density at radius 2 is 2.07 bits per heavy atom. The molecule has 1 saturated heterocycles. The maximum Gasteiger partial charge on any atom is 0.340 e. The van der Waals surface area contributed by atoms with Gasteiger partial charge in [0.2, 0.25) is 0 Å². The van der Waals surface area contributed by atoms with Crippen LogP contribution >= 0.6 is 0 Å². The molecule has 0 saturated carbocycles. The molecule has 3 heterocycles. The molecule has 8 nitrogen and oxygen atoms in total. The summed E-state index contributed by atoms with van der Waals surface area (Å²) >= 11 is 0. The van der Waals surface area contributed by atoms with E-state index in [1.807, 2.05) is 17.9 Å². The quantitative estimate of drug-likeness (QED) is 0.542. The predicted octanol–water partition coefficient (Wildman–Crippen LogP) is 1.46. The lowest BCUT2D eigenvalue weighted by Gasteiger charge is -2.33. The van der Waals surface area contributed by atoms with Crippen LogP contribution in [0.2, 0.25) is 0 Å². The minimum Gasteiger partial charge on any atom is -0.477 e. The first-order valence-corrected chi connectivity index (χ1v) is 11.2. The Hall–Kier alpha value is -2.39. The molecule has 1 aromatic heterocycles. The summed E-state index contributed by atoms with van der Waals surface area (Å²) in [5.74, 6) is 0.512. The number of fused-ring (bicyclic) bond motifs is 2. The van der Waals surface area contributed by atoms with Crippen molar-refractivity contribution in [1.82, 2.24) is 4.90 Å². The molecule has 0 spiro atoms. The third-order valence-corrected chi connectivity index (χ3v) is 7.61. The number of hydrogen-bond donors (Lipinski definition) is 0. The van der Waals surface area contributed by atoms with Crippen LogP contribution in [0.25, 0.3) is 11.0 Å². The zero-order valence-corrected chi connectivity index (χ0v) is 17.4. The van der Waals surface area contributed by atoms with Crippen LogP contribution in [-0.2, 0) is 32.3 Å². The number of rotatable bonds is 3. The highest BCUT2D eigenvalue weighted by Crippen LogP contribution is 2.37. The van der Waals surface area contributed by atoms with Gasteiger partial charge in [-0.3, -0.25) is 9.69 Å². The second kappa shape index (κ2) is 7.14. The highest BCUT2D eigenvalue weighted by atomic mass is 32.2. The Morgan fingerprint density at radius 3 is 2.72 bits per heavy atom. The summed E-state index contributed by atoms with van der Waals surface area (Å²) in [7, 11) is -1.71. The first kappa shape index (κ1) is 19.9. The molecule has 9 heteroatoms. The molecule has 1 unspecified atom stereocenters. The summed E-state index contributed by atoms with van der Waals surface area (Å²) in [4.78, 5) is 26.1. The summed E-state index contributed by atoms with van der Waals surface area (Å²) in [5.41, 5.74) is 2.47. The average Bonchev–Trinajstić information content (AvgIpc) is 3.05. The first-order chi connectivity index (χ1) is 13.7. The number of carbonyl (C=O) groups is 1. The molecule has 1 fully saturated rings. The molecule has 0 N–H and O–H groups in total.